The fraction of sp³-hybridized carbons (Fsp3) is 0.421. The highest BCUT2D eigenvalue weighted by Crippen LogP contribution is 2.32. The second kappa shape index (κ2) is 8.63. The first-order chi connectivity index (χ1) is 11.9. The second-order valence-electron chi connectivity index (χ2n) is 6.23. The molecule has 0 fully saturated rings. The third kappa shape index (κ3) is 4.50. The van der Waals surface area contributed by atoms with E-state index in [1.807, 2.05) is 24.1 Å². The van der Waals surface area contributed by atoms with Crippen LogP contribution in [-0.4, -0.2) is 35.5 Å². The highest BCUT2D eigenvalue weighted by Gasteiger charge is 2.36. The van der Waals surface area contributed by atoms with E-state index in [4.69, 9.17) is 23.2 Å². The molecular weight excluding hydrogens is 359 g/mol. The predicted molar refractivity (Wildman–Crippen MR) is 103 cm³/mol. The number of aliphatic hydroxyl groups is 1. The number of nitrogens with zero attached hydrogens (tertiary/aromatic N) is 1. The minimum absolute atomic E-state index is 0.00272. The molecule has 1 atom stereocenters. The third-order valence-corrected chi connectivity index (χ3v) is 5.21. The van der Waals surface area contributed by atoms with E-state index < -0.39 is 0 Å². The number of nitrogens with one attached hydrogen (secondary N) is 1. The lowest BCUT2D eigenvalue weighted by atomic mass is 10.0. The molecule has 1 heterocycles. The molecule has 0 aliphatic carbocycles. The van der Waals surface area contributed by atoms with Crippen LogP contribution in [0.15, 0.2) is 41.8 Å². The third-order valence-electron chi connectivity index (χ3n) is 4.47. The Kier molecular flexibility index (Phi) is 6.79. The summed E-state index contributed by atoms with van der Waals surface area (Å²) in [6.45, 7) is 6.42. The summed E-state index contributed by atoms with van der Waals surface area (Å²) < 4.78 is 0. The molecule has 0 bridgehead atoms. The van der Waals surface area contributed by atoms with Crippen LogP contribution in [0, 0.1) is 0 Å². The number of aliphatic hydroxyl groups excluding tert-OH is 1. The van der Waals surface area contributed by atoms with Gasteiger partial charge in [-0.3, -0.25) is 4.79 Å². The molecule has 1 aromatic carbocycles. The highest BCUT2D eigenvalue weighted by atomic mass is 35.5. The molecule has 2 N–H and O–H groups in total. The molecule has 0 radical (unpaired) electrons. The van der Waals surface area contributed by atoms with Gasteiger partial charge in [0.2, 0.25) is 0 Å². The van der Waals surface area contributed by atoms with Crippen molar-refractivity contribution in [2.75, 3.05) is 13.6 Å². The van der Waals surface area contributed by atoms with E-state index in [0.29, 0.717) is 27.9 Å². The number of aryl methyl sites for hydroxylation is 1. The van der Waals surface area contributed by atoms with Gasteiger partial charge in [0.1, 0.15) is 5.76 Å². The quantitative estimate of drug-likeness (QED) is 0.683. The first-order valence-corrected chi connectivity index (χ1v) is 9.19. The Morgan fingerprint density at radius 1 is 1.36 bits per heavy atom. The maximum absolute atomic E-state index is 12.5. The van der Waals surface area contributed by atoms with Gasteiger partial charge in [0.25, 0.3) is 5.91 Å². The van der Waals surface area contributed by atoms with Crippen LogP contribution in [0.4, 0.5) is 0 Å². The Morgan fingerprint density at radius 2 is 2.08 bits per heavy atom. The zero-order chi connectivity index (χ0) is 18.6. The van der Waals surface area contributed by atoms with E-state index in [1.165, 1.54) is 0 Å². The minimum Gasteiger partial charge on any atom is -0.505 e. The summed E-state index contributed by atoms with van der Waals surface area (Å²) in [7, 11) is 1.85. The second-order valence-corrected chi connectivity index (χ2v) is 7.05. The van der Waals surface area contributed by atoms with Crippen molar-refractivity contribution >= 4 is 29.1 Å². The number of carbonyl (C=O) groups excluding carboxylic acids is 1. The van der Waals surface area contributed by atoms with E-state index in [0.717, 1.165) is 31.2 Å². The van der Waals surface area contributed by atoms with Crippen LogP contribution in [0.3, 0.4) is 0 Å². The number of halogens is 2. The lowest BCUT2D eigenvalue weighted by Gasteiger charge is -2.23. The number of benzene rings is 1. The summed E-state index contributed by atoms with van der Waals surface area (Å²) in [5.74, 6) is -0.224. The minimum atomic E-state index is -0.226. The molecule has 136 valence electrons. The largest absolute Gasteiger partial charge is 0.505 e. The molecular formula is C19H24Cl2N2O2. The van der Waals surface area contributed by atoms with E-state index in [1.54, 1.807) is 6.07 Å². The summed E-state index contributed by atoms with van der Waals surface area (Å²) in [4.78, 5) is 14.4. The van der Waals surface area contributed by atoms with E-state index in [2.05, 4.69) is 18.8 Å². The molecule has 1 unspecified atom stereocenters. The van der Waals surface area contributed by atoms with Crippen molar-refractivity contribution in [2.45, 2.75) is 38.6 Å². The average molecular weight is 383 g/mol. The van der Waals surface area contributed by atoms with Gasteiger partial charge in [0.05, 0.1) is 27.4 Å². The molecule has 1 aromatic rings. The summed E-state index contributed by atoms with van der Waals surface area (Å²) in [6.07, 6.45) is 3.27. The normalized spacial score (nSPS) is 17.4. The summed E-state index contributed by atoms with van der Waals surface area (Å²) in [5.41, 5.74) is 1.99. The van der Waals surface area contributed by atoms with Crippen LogP contribution in [0.2, 0.25) is 10.0 Å². The smallest absolute Gasteiger partial charge is 0.253 e. The first kappa shape index (κ1) is 19.7. The van der Waals surface area contributed by atoms with Crippen molar-refractivity contribution in [3.05, 3.63) is 57.4 Å². The van der Waals surface area contributed by atoms with Gasteiger partial charge in [-0.05, 0) is 37.0 Å². The zero-order valence-electron chi connectivity index (χ0n) is 14.6. The van der Waals surface area contributed by atoms with Crippen molar-refractivity contribution in [1.82, 2.24) is 10.2 Å². The standard InChI is InChI=1S/C19H24Cl2N2O2/c1-4-6-16-17(18(24)12(2)23(16)3)19(25)22-10-5-7-13-8-9-14(20)15(21)11-13/h8-9,11,16,24H,2,4-7,10H2,1,3H3,(H,22,25). The maximum atomic E-state index is 12.5. The summed E-state index contributed by atoms with van der Waals surface area (Å²) >= 11 is 11.9. The Hall–Kier alpha value is -1.65. The molecule has 1 aliphatic rings. The van der Waals surface area contributed by atoms with E-state index in [-0.39, 0.29) is 17.7 Å². The lowest BCUT2D eigenvalue weighted by molar-refractivity contribution is -0.118. The highest BCUT2D eigenvalue weighted by molar-refractivity contribution is 6.42. The summed E-state index contributed by atoms with van der Waals surface area (Å²) in [6, 6.07) is 5.42. The molecule has 0 aromatic heterocycles. The van der Waals surface area contributed by atoms with Crippen molar-refractivity contribution in [2.24, 2.45) is 0 Å². The Bertz CT molecular complexity index is 701. The van der Waals surface area contributed by atoms with Crippen molar-refractivity contribution < 1.29 is 9.90 Å². The Balaban J connectivity index is 1.90. The SMILES string of the molecule is C=C1C(O)=C(C(=O)NCCCc2ccc(Cl)c(Cl)c2)C(CCC)N1C. The van der Waals surface area contributed by atoms with Gasteiger partial charge in [0, 0.05) is 13.6 Å². The molecule has 6 heteroatoms. The van der Waals surface area contributed by atoms with Crippen molar-refractivity contribution in [1.29, 1.82) is 0 Å². The Morgan fingerprint density at radius 3 is 2.72 bits per heavy atom. The van der Waals surface area contributed by atoms with Crippen LogP contribution in [0.25, 0.3) is 0 Å². The van der Waals surface area contributed by atoms with E-state index in [9.17, 15) is 9.90 Å². The van der Waals surface area contributed by atoms with Crippen LogP contribution in [0.5, 0.6) is 0 Å². The van der Waals surface area contributed by atoms with Crippen LogP contribution < -0.4 is 5.32 Å². The molecule has 2 rings (SSSR count). The van der Waals surface area contributed by atoms with Crippen molar-refractivity contribution in [3.63, 3.8) is 0 Å². The molecule has 0 saturated carbocycles. The number of hydrogen-bond donors (Lipinski definition) is 2. The first-order valence-electron chi connectivity index (χ1n) is 8.44. The molecule has 25 heavy (non-hydrogen) atoms. The fourth-order valence-corrected chi connectivity index (χ4v) is 3.34. The van der Waals surface area contributed by atoms with Gasteiger partial charge in [-0.15, -0.1) is 0 Å². The molecule has 0 spiro atoms. The van der Waals surface area contributed by atoms with Gasteiger partial charge in [-0.2, -0.15) is 0 Å². The number of hydrogen-bond acceptors (Lipinski definition) is 3. The van der Waals surface area contributed by atoms with Gasteiger partial charge in [-0.25, -0.2) is 0 Å². The maximum Gasteiger partial charge on any atom is 0.253 e. The topological polar surface area (TPSA) is 52.6 Å². The van der Waals surface area contributed by atoms with Gasteiger partial charge in [0.15, 0.2) is 0 Å². The lowest BCUT2D eigenvalue weighted by Crippen LogP contribution is -2.35. The molecule has 1 amide bonds. The number of carbonyl (C=O) groups is 1. The number of rotatable bonds is 7. The fourth-order valence-electron chi connectivity index (χ4n) is 3.02. The van der Waals surface area contributed by atoms with Crippen LogP contribution in [-0.2, 0) is 11.2 Å². The predicted octanol–water partition coefficient (Wildman–Crippen LogP) is 4.48. The van der Waals surface area contributed by atoms with Gasteiger partial charge < -0.3 is 15.3 Å². The van der Waals surface area contributed by atoms with Gasteiger partial charge in [-0.1, -0.05) is 49.2 Å². The van der Waals surface area contributed by atoms with Crippen LogP contribution >= 0.6 is 23.2 Å². The van der Waals surface area contributed by atoms with Crippen molar-refractivity contribution in [3.8, 4) is 0 Å². The molecule has 0 saturated heterocycles. The van der Waals surface area contributed by atoms with Crippen LogP contribution in [0.1, 0.15) is 31.7 Å². The average Bonchev–Trinajstić information content (AvgIpc) is 2.79. The molecule has 4 nitrogen and oxygen atoms in total. The number of amides is 1. The zero-order valence-corrected chi connectivity index (χ0v) is 16.1. The van der Waals surface area contributed by atoms with E-state index >= 15 is 0 Å². The molecule has 1 aliphatic heterocycles. The van der Waals surface area contributed by atoms with Gasteiger partial charge >= 0.3 is 0 Å². The summed E-state index contributed by atoms with van der Waals surface area (Å²) in [5, 5.41) is 14.2. The Labute approximate surface area is 159 Å². The monoisotopic (exact) mass is 382 g/mol. The number of likely N-dealkylation sites (N-methyl/N-ethyl adjacent to an activating group) is 1.